The van der Waals surface area contributed by atoms with E-state index in [4.69, 9.17) is 5.73 Å². The highest BCUT2D eigenvalue weighted by Gasteiger charge is 2.19. The van der Waals surface area contributed by atoms with Gasteiger partial charge in [0.2, 0.25) is 20.0 Å². The molecule has 0 atom stereocenters. The SMILES string of the molecule is CCNS(=O)(=O)CCNS(=O)(=O)c1cc(C)cc(N)c1C. The van der Waals surface area contributed by atoms with Crippen molar-refractivity contribution in [3.63, 3.8) is 0 Å². The van der Waals surface area contributed by atoms with Gasteiger partial charge in [-0.2, -0.15) is 0 Å². The van der Waals surface area contributed by atoms with Gasteiger partial charge in [0, 0.05) is 18.8 Å². The fourth-order valence-electron chi connectivity index (χ4n) is 1.81. The lowest BCUT2D eigenvalue weighted by atomic mass is 10.1. The topological polar surface area (TPSA) is 118 Å². The first kappa shape index (κ1) is 17.9. The molecule has 0 heterocycles. The van der Waals surface area contributed by atoms with Crippen LogP contribution in [0.15, 0.2) is 17.0 Å². The smallest absolute Gasteiger partial charge is 0.240 e. The van der Waals surface area contributed by atoms with Crippen LogP contribution < -0.4 is 15.2 Å². The third-order valence-corrected chi connectivity index (χ3v) is 5.92. The van der Waals surface area contributed by atoms with Gasteiger partial charge in [0.15, 0.2) is 0 Å². The van der Waals surface area contributed by atoms with Crippen molar-refractivity contribution in [1.29, 1.82) is 0 Å². The molecule has 0 fully saturated rings. The molecule has 0 radical (unpaired) electrons. The maximum Gasteiger partial charge on any atom is 0.240 e. The number of sulfonamides is 2. The first-order valence-electron chi connectivity index (χ1n) is 6.43. The van der Waals surface area contributed by atoms with Gasteiger partial charge in [-0.15, -0.1) is 0 Å². The molecule has 0 unspecified atom stereocenters. The van der Waals surface area contributed by atoms with E-state index in [9.17, 15) is 16.8 Å². The van der Waals surface area contributed by atoms with Crippen molar-refractivity contribution < 1.29 is 16.8 Å². The van der Waals surface area contributed by atoms with Gasteiger partial charge in [0.1, 0.15) is 0 Å². The zero-order valence-electron chi connectivity index (χ0n) is 12.3. The highest BCUT2D eigenvalue weighted by molar-refractivity contribution is 7.90. The van der Waals surface area contributed by atoms with E-state index < -0.39 is 20.0 Å². The Morgan fingerprint density at radius 3 is 2.29 bits per heavy atom. The second-order valence-corrected chi connectivity index (χ2v) is 8.35. The molecule has 9 heteroatoms. The molecule has 4 N–H and O–H groups in total. The molecule has 1 aromatic rings. The average molecular weight is 335 g/mol. The van der Waals surface area contributed by atoms with E-state index in [1.165, 1.54) is 6.07 Å². The van der Waals surface area contributed by atoms with Crippen LogP contribution in [0.2, 0.25) is 0 Å². The predicted octanol–water partition coefficient (Wildman–Crippen LogP) is 0.103. The second-order valence-electron chi connectivity index (χ2n) is 4.69. The molecule has 0 aliphatic carbocycles. The summed E-state index contributed by atoms with van der Waals surface area (Å²) in [7, 11) is -7.26. The van der Waals surface area contributed by atoms with E-state index in [1.807, 2.05) is 0 Å². The molecule has 120 valence electrons. The monoisotopic (exact) mass is 335 g/mol. The number of hydrogen-bond donors (Lipinski definition) is 3. The Kier molecular flexibility index (Phi) is 5.74. The van der Waals surface area contributed by atoms with E-state index in [-0.39, 0.29) is 23.7 Å². The summed E-state index contributed by atoms with van der Waals surface area (Å²) in [4.78, 5) is 0.0702. The number of benzene rings is 1. The fourth-order valence-corrected chi connectivity index (χ4v) is 4.28. The van der Waals surface area contributed by atoms with Crippen LogP contribution in [0.3, 0.4) is 0 Å². The van der Waals surface area contributed by atoms with Crippen molar-refractivity contribution >= 4 is 25.7 Å². The van der Waals surface area contributed by atoms with Crippen LogP contribution >= 0.6 is 0 Å². The lowest BCUT2D eigenvalue weighted by Gasteiger charge is -2.12. The predicted molar refractivity (Wildman–Crippen MR) is 83.0 cm³/mol. The molecule has 7 nitrogen and oxygen atoms in total. The minimum absolute atomic E-state index is 0.0702. The summed E-state index contributed by atoms with van der Waals surface area (Å²) < 4.78 is 51.9. The lowest BCUT2D eigenvalue weighted by molar-refractivity contribution is 0.576. The van der Waals surface area contributed by atoms with Gasteiger partial charge in [0.05, 0.1) is 10.6 Å². The summed E-state index contributed by atoms with van der Waals surface area (Å²) in [5.41, 5.74) is 7.31. The lowest BCUT2D eigenvalue weighted by Crippen LogP contribution is -2.34. The van der Waals surface area contributed by atoms with Crippen molar-refractivity contribution in [2.45, 2.75) is 25.7 Å². The number of aryl methyl sites for hydroxylation is 1. The van der Waals surface area contributed by atoms with Crippen molar-refractivity contribution in [2.24, 2.45) is 0 Å². The Balaban J connectivity index is 2.89. The van der Waals surface area contributed by atoms with Crippen LogP contribution in [0.4, 0.5) is 5.69 Å². The second kappa shape index (κ2) is 6.73. The average Bonchev–Trinajstić information content (AvgIpc) is 2.32. The highest BCUT2D eigenvalue weighted by atomic mass is 32.2. The Labute approximate surface area is 126 Å². The molecule has 0 amide bonds. The van der Waals surface area contributed by atoms with E-state index in [0.29, 0.717) is 11.3 Å². The van der Waals surface area contributed by atoms with Gasteiger partial charge in [-0.3, -0.25) is 0 Å². The normalized spacial score (nSPS) is 12.5. The van der Waals surface area contributed by atoms with Gasteiger partial charge < -0.3 is 5.73 Å². The van der Waals surface area contributed by atoms with E-state index in [1.54, 1.807) is 26.8 Å². The van der Waals surface area contributed by atoms with Gasteiger partial charge >= 0.3 is 0 Å². The fraction of sp³-hybridized carbons (Fsp3) is 0.500. The maximum atomic E-state index is 12.2. The maximum absolute atomic E-state index is 12.2. The summed E-state index contributed by atoms with van der Waals surface area (Å²) in [5, 5.41) is 0. The molecule has 0 aromatic heterocycles. The van der Waals surface area contributed by atoms with Gasteiger partial charge in [-0.1, -0.05) is 6.92 Å². The van der Waals surface area contributed by atoms with Crippen LogP contribution in [-0.2, 0) is 20.0 Å². The van der Waals surface area contributed by atoms with Crippen LogP contribution in [0.1, 0.15) is 18.1 Å². The molecule has 0 aliphatic rings. The number of hydrogen-bond acceptors (Lipinski definition) is 5. The molecular weight excluding hydrogens is 314 g/mol. The number of nitrogens with two attached hydrogens (primary N) is 1. The summed E-state index contributed by atoms with van der Waals surface area (Å²) in [6.45, 7) is 5.07. The van der Waals surface area contributed by atoms with Gasteiger partial charge in [-0.25, -0.2) is 26.3 Å². The third kappa shape index (κ3) is 4.95. The molecule has 1 rings (SSSR count). The van der Waals surface area contributed by atoms with Crippen molar-refractivity contribution in [3.05, 3.63) is 23.3 Å². The number of nitrogens with one attached hydrogen (secondary N) is 2. The first-order valence-corrected chi connectivity index (χ1v) is 9.56. The van der Waals surface area contributed by atoms with Gasteiger partial charge in [0.25, 0.3) is 0 Å². The van der Waals surface area contributed by atoms with Crippen molar-refractivity contribution in [1.82, 2.24) is 9.44 Å². The Bertz CT molecular complexity index is 712. The van der Waals surface area contributed by atoms with Crippen molar-refractivity contribution in [3.8, 4) is 0 Å². The zero-order chi connectivity index (χ0) is 16.3. The Morgan fingerprint density at radius 2 is 1.71 bits per heavy atom. The molecule has 0 bridgehead atoms. The molecule has 1 aromatic carbocycles. The largest absolute Gasteiger partial charge is 0.398 e. The minimum atomic E-state index is -3.80. The van der Waals surface area contributed by atoms with E-state index >= 15 is 0 Å². The summed E-state index contributed by atoms with van der Waals surface area (Å²) in [6, 6.07) is 3.19. The molecule has 0 saturated carbocycles. The molecule has 21 heavy (non-hydrogen) atoms. The minimum Gasteiger partial charge on any atom is -0.398 e. The van der Waals surface area contributed by atoms with Crippen LogP contribution in [0, 0.1) is 13.8 Å². The Morgan fingerprint density at radius 1 is 1.10 bits per heavy atom. The molecule has 0 saturated heterocycles. The first-order chi connectivity index (χ1) is 9.59. The van der Waals surface area contributed by atoms with E-state index in [0.717, 1.165) is 5.56 Å². The quantitative estimate of drug-likeness (QED) is 0.611. The standard InChI is InChI=1S/C12H21N3O4S2/c1-4-14-20(16,17)6-5-15-21(18,19)12-8-9(2)7-11(13)10(12)3/h7-8,14-15H,4-6,13H2,1-3H3. The summed E-state index contributed by atoms with van der Waals surface area (Å²) >= 11 is 0. The molecule has 0 spiro atoms. The third-order valence-electron chi connectivity index (χ3n) is 2.86. The molecular formula is C12H21N3O4S2. The van der Waals surface area contributed by atoms with Crippen LogP contribution in [-0.4, -0.2) is 35.7 Å². The summed E-state index contributed by atoms with van der Waals surface area (Å²) in [5.74, 6) is -0.319. The number of rotatable bonds is 7. The van der Waals surface area contributed by atoms with Gasteiger partial charge in [-0.05, 0) is 37.1 Å². The van der Waals surface area contributed by atoms with Crippen LogP contribution in [0.5, 0.6) is 0 Å². The highest BCUT2D eigenvalue weighted by Crippen LogP contribution is 2.22. The van der Waals surface area contributed by atoms with E-state index in [2.05, 4.69) is 9.44 Å². The van der Waals surface area contributed by atoms with Crippen LogP contribution in [0.25, 0.3) is 0 Å². The van der Waals surface area contributed by atoms with Crippen molar-refractivity contribution in [2.75, 3.05) is 24.6 Å². The number of anilines is 1. The number of nitrogen functional groups attached to an aromatic ring is 1. The zero-order valence-corrected chi connectivity index (χ0v) is 13.9. The molecule has 0 aliphatic heterocycles. The Hall–Kier alpha value is -1.16. The summed E-state index contributed by atoms with van der Waals surface area (Å²) in [6.07, 6.45) is 0.